The molecule has 2 heterocycles. The summed E-state index contributed by atoms with van der Waals surface area (Å²) in [4.78, 5) is 30.8. The number of aromatic nitrogens is 2. The van der Waals surface area contributed by atoms with E-state index in [4.69, 9.17) is 5.11 Å². The Bertz CT molecular complexity index is 485. The maximum atomic E-state index is 11.3. The number of hydrogen-bond donors (Lipinski definition) is 3. The maximum Gasteiger partial charge on any atom is 0.327 e. The molecule has 0 amide bonds. The van der Waals surface area contributed by atoms with Crippen molar-refractivity contribution >= 4 is 11.8 Å². The van der Waals surface area contributed by atoms with Crippen LogP contribution in [0.25, 0.3) is 0 Å². The predicted molar refractivity (Wildman–Crippen MR) is 61.2 cm³/mol. The van der Waals surface area contributed by atoms with Crippen LogP contribution in [0, 0.1) is 6.92 Å². The second-order valence-electron chi connectivity index (χ2n) is 3.94. The summed E-state index contributed by atoms with van der Waals surface area (Å²) >= 11 is 0. The second-order valence-corrected chi connectivity index (χ2v) is 3.94. The first kappa shape index (κ1) is 11.6. The Kier molecular flexibility index (Phi) is 3.10. The lowest BCUT2D eigenvalue weighted by Crippen LogP contribution is -2.55. The van der Waals surface area contributed by atoms with E-state index in [0.29, 0.717) is 31.3 Å². The van der Waals surface area contributed by atoms with Gasteiger partial charge in [0.1, 0.15) is 17.7 Å². The molecule has 0 saturated carbocycles. The quantitative estimate of drug-likeness (QED) is 0.607. The van der Waals surface area contributed by atoms with Gasteiger partial charge in [0.25, 0.3) is 5.56 Å². The third-order valence-corrected chi connectivity index (χ3v) is 2.67. The Labute approximate surface area is 97.5 Å². The summed E-state index contributed by atoms with van der Waals surface area (Å²) in [6.45, 7) is 3.22. The highest BCUT2D eigenvalue weighted by Gasteiger charge is 2.29. The number of nitrogens with one attached hydrogen (secondary N) is 2. The summed E-state index contributed by atoms with van der Waals surface area (Å²) in [5, 5.41) is 12.1. The lowest BCUT2D eigenvalue weighted by Gasteiger charge is -2.34. The molecule has 7 nitrogen and oxygen atoms in total. The molecule has 0 aliphatic carbocycles. The number of piperazine rings is 1. The number of aliphatic carboxylic acids is 1. The molecule has 1 fully saturated rings. The van der Waals surface area contributed by atoms with Crippen LogP contribution in [0.15, 0.2) is 10.9 Å². The highest BCUT2D eigenvalue weighted by molar-refractivity contribution is 5.78. The first-order valence-corrected chi connectivity index (χ1v) is 5.36. The third kappa shape index (κ3) is 2.44. The highest BCUT2D eigenvalue weighted by atomic mass is 16.4. The van der Waals surface area contributed by atoms with Gasteiger partial charge in [0.05, 0.1) is 0 Å². The van der Waals surface area contributed by atoms with Crippen LogP contribution in [0.2, 0.25) is 0 Å². The molecule has 92 valence electrons. The van der Waals surface area contributed by atoms with Gasteiger partial charge in [-0.15, -0.1) is 0 Å². The lowest BCUT2D eigenvalue weighted by atomic mass is 10.2. The van der Waals surface area contributed by atoms with Crippen LogP contribution in [0.3, 0.4) is 0 Å². The molecule has 17 heavy (non-hydrogen) atoms. The number of carbonyl (C=O) groups is 1. The molecule has 0 bridgehead atoms. The number of aromatic amines is 1. The zero-order chi connectivity index (χ0) is 12.4. The van der Waals surface area contributed by atoms with Gasteiger partial charge in [0.15, 0.2) is 0 Å². The number of rotatable bonds is 2. The number of hydrogen-bond acceptors (Lipinski definition) is 5. The van der Waals surface area contributed by atoms with E-state index < -0.39 is 12.0 Å². The van der Waals surface area contributed by atoms with Crippen molar-refractivity contribution in [3.8, 4) is 0 Å². The first-order valence-electron chi connectivity index (χ1n) is 5.36. The van der Waals surface area contributed by atoms with Crippen molar-refractivity contribution in [1.82, 2.24) is 15.3 Å². The molecule has 1 aliphatic heterocycles. The average molecular weight is 238 g/mol. The summed E-state index contributed by atoms with van der Waals surface area (Å²) in [7, 11) is 0. The van der Waals surface area contributed by atoms with Gasteiger partial charge in [0, 0.05) is 25.7 Å². The van der Waals surface area contributed by atoms with E-state index in [1.165, 1.54) is 6.07 Å². The Morgan fingerprint density at radius 2 is 2.41 bits per heavy atom. The molecular formula is C10H14N4O3. The zero-order valence-corrected chi connectivity index (χ0v) is 9.43. The van der Waals surface area contributed by atoms with Crippen LogP contribution in [-0.4, -0.2) is 46.7 Å². The molecule has 3 N–H and O–H groups in total. The van der Waals surface area contributed by atoms with Crippen LogP contribution < -0.4 is 15.8 Å². The van der Waals surface area contributed by atoms with Crippen molar-refractivity contribution in [2.24, 2.45) is 0 Å². The molecule has 1 aromatic rings. The SMILES string of the molecule is Cc1nc(N2CCNCC2C(=O)O)cc(=O)[nH]1. The summed E-state index contributed by atoms with van der Waals surface area (Å²) in [5.41, 5.74) is -0.268. The Balaban J connectivity index is 2.35. The molecule has 1 atom stereocenters. The van der Waals surface area contributed by atoms with E-state index in [1.807, 2.05) is 0 Å². The van der Waals surface area contributed by atoms with Gasteiger partial charge in [-0.1, -0.05) is 0 Å². The summed E-state index contributed by atoms with van der Waals surface area (Å²) < 4.78 is 0. The van der Waals surface area contributed by atoms with E-state index in [9.17, 15) is 9.59 Å². The van der Waals surface area contributed by atoms with Crippen LogP contribution >= 0.6 is 0 Å². The van der Waals surface area contributed by atoms with Crippen LogP contribution in [0.1, 0.15) is 5.82 Å². The van der Waals surface area contributed by atoms with E-state index in [0.717, 1.165) is 0 Å². The normalized spacial score (nSPS) is 20.3. The number of aryl methyl sites for hydroxylation is 1. The van der Waals surface area contributed by atoms with Crippen LogP contribution in [0.5, 0.6) is 0 Å². The van der Waals surface area contributed by atoms with Gasteiger partial charge >= 0.3 is 5.97 Å². The fourth-order valence-electron chi connectivity index (χ4n) is 1.91. The summed E-state index contributed by atoms with van der Waals surface area (Å²) in [6.07, 6.45) is 0. The predicted octanol–water partition coefficient (Wildman–Crippen LogP) is -1.06. The van der Waals surface area contributed by atoms with Gasteiger partial charge in [-0.25, -0.2) is 9.78 Å². The Morgan fingerprint density at radius 1 is 1.65 bits per heavy atom. The number of H-pyrrole nitrogens is 1. The maximum absolute atomic E-state index is 11.3. The molecule has 2 rings (SSSR count). The van der Waals surface area contributed by atoms with Crippen LogP contribution in [0.4, 0.5) is 5.82 Å². The highest BCUT2D eigenvalue weighted by Crippen LogP contribution is 2.13. The molecule has 1 aromatic heterocycles. The van der Waals surface area contributed by atoms with Gasteiger partial charge in [-0.05, 0) is 6.92 Å². The molecule has 1 aliphatic rings. The molecule has 0 spiro atoms. The minimum atomic E-state index is -0.920. The number of anilines is 1. The van der Waals surface area contributed by atoms with Crippen LogP contribution in [-0.2, 0) is 4.79 Å². The fourth-order valence-corrected chi connectivity index (χ4v) is 1.91. The van der Waals surface area contributed by atoms with Gasteiger partial charge in [-0.2, -0.15) is 0 Å². The largest absolute Gasteiger partial charge is 0.480 e. The zero-order valence-electron chi connectivity index (χ0n) is 9.43. The minimum Gasteiger partial charge on any atom is -0.480 e. The van der Waals surface area contributed by atoms with E-state index >= 15 is 0 Å². The smallest absolute Gasteiger partial charge is 0.327 e. The van der Waals surface area contributed by atoms with Crippen molar-refractivity contribution in [3.05, 3.63) is 22.2 Å². The molecule has 7 heteroatoms. The van der Waals surface area contributed by atoms with Gasteiger partial charge in [0.2, 0.25) is 0 Å². The van der Waals surface area contributed by atoms with Crippen molar-refractivity contribution < 1.29 is 9.90 Å². The second kappa shape index (κ2) is 4.54. The van der Waals surface area contributed by atoms with Crippen molar-refractivity contribution in [1.29, 1.82) is 0 Å². The third-order valence-electron chi connectivity index (χ3n) is 2.67. The van der Waals surface area contributed by atoms with Gasteiger partial charge in [-0.3, -0.25) is 4.79 Å². The fraction of sp³-hybridized carbons (Fsp3) is 0.500. The minimum absolute atomic E-state index is 0.268. The number of nitrogens with zero attached hydrogens (tertiary/aromatic N) is 2. The standard InChI is InChI=1S/C10H14N4O3/c1-6-12-8(4-9(15)13-6)14-3-2-11-5-7(14)10(16)17/h4,7,11H,2-3,5H2,1H3,(H,16,17)(H,12,13,15). The molecular weight excluding hydrogens is 224 g/mol. The first-order chi connectivity index (χ1) is 8.08. The van der Waals surface area contributed by atoms with E-state index in [-0.39, 0.29) is 5.56 Å². The van der Waals surface area contributed by atoms with Crippen molar-refractivity contribution in [2.45, 2.75) is 13.0 Å². The van der Waals surface area contributed by atoms with Crippen molar-refractivity contribution in [3.63, 3.8) is 0 Å². The summed E-state index contributed by atoms with van der Waals surface area (Å²) in [5.74, 6) is -0.0211. The number of carboxylic acid groups (broad SMARTS) is 1. The lowest BCUT2D eigenvalue weighted by molar-refractivity contribution is -0.138. The topological polar surface area (TPSA) is 98.3 Å². The van der Waals surface area contributed by atoms with E-state index in [1.54, 1.807) is 11.8 Å². The van der Waals surface area contributed by atoms with E-state index in [2.05, 4.69) is 15.3 Å². The Morgan fingerprint density at radius 3 is 3.06 bits per heavy atom. The van der Waals surface area contributed by atoms with Crippen molar-refractivity contribution in [2.75, 3.05) is 24.5 Å². The molecule has 1 unspecified atom stereocenters. The average Bonchev–Trinajstić information content (AvgIpc) is 2.27. The molecule has 0 radical (unpaired) electrons. The number of carboxylic acids is 1. The molecule has 1 saturated heterocycles. The Hall–Kier alpha value is -1.89. The van der Waals surface area contributed by atoms with Gasteiger partial charge < -0.3 is 20.3 Å². The monoisotopic (exact) mass is 238 g/mol. The molecule has 0 aromatic carbocycles. The summed E-state index contributed by atoms with van der Waals surface area (Å²) in [6, 6.07) is 0.645.